The molecule has 0 aliphatic carbocycles. The number of imide groups is 1. The Bertz CT molecular complexity index is 1350. The van der Waals surface area contributed by atoms with Crippen LogP contribution in [0.25, 0.3) is 0 Å². The maximum Gasteiger partial charge on any atom is 0.338 e. The van der Waals surface area contributed by atoms with E-state index < -0.39 is 36.0 Å². The highest BCUT2D eigenvalue weighted by Gasteiger charge is 2.35. The van der Waals surface area contributed by atoms with Gasteiger partial charge in [0.1, 0.15) is 5.82 Å². The van der Waals surface area contributed by atoms with Crippen molar-refractivity contribution < 1.29 is 33.1 Å². The topological polar surface area (TPSA) is 110 Å². The number of ether oxygens (including phenoxy) is 1. The Morgan fingerprint density at radius 2 is 1.60 bits per heavy atom. The van der Waals surface area contributed by atoms with Crippen LogP contribution in [0.15, 0.2) is 66.7 Å². The zero-order chi connectivity index (χ0) is 25.1. The number of hydrogen-bond donors (Lipinski definition) is 1. The number of Topliss-reactive ketones (excluding diaryl/α,β-unsaturated/α-hetero) is 1. The molecular weight excluding hydrogens is 455 g/mol. The fraction of sp³-hybridized carbons (Fsp3) is 0.115. The molecule has 4 rings (SSSR count). The lowest BCUT2D eigenvalue weighted by molar-refractivity contribution is -0.114. The van der Waals surface area contributed by atoms with E-state index in [1.54, 1.807) is 36.4 Å². The molecule has 176 valence electrons. The Morgan fingerprint density at radius 1 is 0.914 bits per heavy atom. The number of carbonyl (C=O) groups excluding carboxylic acids is 5. The van der Waals surface area contributed by atoms with E-state index in [1.165, 1.54) is 31.2 Å². The first-order valence-electron chi connectivity index (χ1n) is 10.6. The van der Waals surface area contributed by atoms with Crippen molar-refractivity contribution in [3.63, 3.8) is 0 Å². The van der Waals surface area contributed by atoms with Crippen LogP contribution in [0.2, 0.25) is 0 Å². The van der Waals surface area contributed by atoms with Gasteiger partial charge in [-0.25, -0.2) is 9.18 Å². The summed E-state index contributed by atoms with van der Waals surface area (Å²) >= 11 is 0. The van der Waals surface area contributed by atoms with Gasteiger partial charge in [-0.15, -0.1) is 0 Å². The van der Waals surface area contributed by atoms with Gasteiger partial charge >= 0.3 is 5.97 Å². The molecule has 0 saturated carbocycles. The van der Waals surface area contributed by atoms with Crippen molar-refractivity contribution in [1.29, 1.82) is 0 Å². The number of nitrogens with zero attached hydrogens (tertiary/aromatic N) is 1. The zero-order valence-corrected chi connectivity index (χ0v) is 18.5. The normalized spacial score (nSPS) is 12.3. The molecule has 0 radical (unpaired) electrons. The molecule has 1 aliphatic heterocycles. The van der Waals surface area contributed by atoms with E-state index in [0.29, 0.717) is 16.7 Å². The van der Waals surface area contributed by atoms with Gasteiger partial charge in [0.2, 0.25) is 11.7 Å². The molecule has 0 spiro atoms. The number of fused-ring (bicyclic) bond motifs is 1. The standard InChI is InChI=1S/C26H19FN2O6/c1-15(30)28-18-9-10-21(22(27)12-18)23(31)14-35-26(34)17-6-4-5-16(11-17)13-29-24(32)19-7-2-3-8-20(19)25(29)33/h2-12H,13-14H2,1H3,(H,28,30). The van der Waals surface area contributed by atoms with Gasteiger partial charge in [0.05, 0.1) is 28.8 Å². The van der Waals surface area contributed by atoms with Crippen molar-refractivity contribution in [3.05, 3.63) is 100 Å². The van der Waals surface area contributed by atoms with Crippen molar-refractivity contribution in [3.8, 4) is 0 Å². The van der Waals surface area contributed by atoms with Crippen molar-refractivity contribution in [1.82, 2.24) is 4.90 Å². The van der Waals surface area contributed by atoms with Crippen LogP contribution in [0.5, 0.6) is 0 Å². The number of halogens is 1. The summed E-state index contributed by atoms with van der Waals surface area (Å²) in [6, 6.07) is 16.2. The second kappa shape index (κ2) is 9.68. The number of rotatable bonds is 7. The van der Waals surface area contributed by atoms with E-state index >= 15 is 0 Å². The summed E-state index contributed by atoms with van der Waals surface area (Å²) < 4.78 is 19.3. The summed E-state index contributed by atoms with van der Waals surface area (Å²) in [6.45, 7) is 0.529. The Hall–Kier alpha value is -4.66. The van der Waals surface area contributed by atoms with E-state index in [4.69, 9.17) is 4.74 Å². The minimum absolute atomic E-state index is 0.0434. The van der Waals surface area contributed by atoms with Gasteiger partial charge in [-0.1, -0.05) is 24.3 Å². The average Bonchev–Trinajstić information content (AvgIpc) is 3.07. The molecule has 35 heavy (non-hydrogen) atoms. The number of carbonyl (C=O) groups is 5. The highest BCUT2D eigenvalue weighted by atomic mass is 19.1. The molecule has 0 aromatic heterocycles. The quantitative estimate of drug-likeness (QED) is 0.318. The van der Waals surface area contributed by atoms with Crippen molar-refractivity contribution in [2.75, 3.05) is 11.9 Å². The fourth-order valence-corrected chi connectivity index (χ4v) is 3.68. The number of benzene rings is 3. The third kappa shape index (κ3) is 4.98. The van der Waals surface area contributed by atoms with E-state index in [2.05, 4.69) is 5.32 Å². The first-order valence-corrected chi connectivity index (χ1v) is 10.6. The van der Waals surface area contributed by atoms with E-state index in [1.807, 2.05) is 0 Å². The molecule has 3 amide bonds. The van der Waals surface area contributed by atoms with Crippen LogP contribution in [0, 0.1) is 5.82 Å². The van der Waals surface area contributed by atoms with Crippen LogP contribution in [0.1, 0.15) is 53.9 Å². The van der Waals surface area contributed by atoms with Crippen LogP contribution < -0.4 is 5.32 Å². The summed E-state index contributed by atoms with van der Waals surface area (Å²) in [5.41, 5.74) is 1.17. The van der Waals surface area contributed by atoms with Gasteiger partial charge in [-0.05, 0) is 48.0 Å². The highest BCUT2D eigenvalue weighted by Crippen LogP contribution is 2.24. The molecule has 0 bridgehead atoms. The third-order valence-electron chi connectivity index (χ3n) is 5.31. The van der Waals surface area contributed by atoms with Crippen LogP contribution in [0.3, 0.4) is 0 Å². The minimum atomic E-state index is -0.861. The van der Waals surface area contributed by atoms with Crippen LogP contribution in [0.4, 0.5) is 10.1 Å². The molecule has 0 atom stereocenters. The monoisotopic (exact) mass is 474 g/mol. The number of hydrogen-bond acceptors (Lipinski definition) is 6. The lowest BCUT2D eigenvalue weighted by atomic mass is 10.1. The van der Waals surface area contributed by atoms with E-state index in [9.17, 15) is 28.4 Å². The number of nitrogens with one attached hydrogen (secondary N) is 1. The summed E-state index contributed by atoms with van der Waals surface area (Å²) in [7, 11) is 0. The largest absolute Gasteiger partial charge is 0.454 e. The zero-order valence-electron chi connectivity index (χ0n) is 18.5. The van der Waals surface area contributed by atoms with E-state index in [-0.39, 0.29) is 29.3 Å². The number of ketones is 1. The average molecular weight is 474 g/mol. The predicted octanol–water partition coefficient (Wildman–Crippen LogP) is 3.62. The predicted molar refractivity (Wildman–Crippen MR) is 122 cm³/mol. The molecule has 8 nitrogen and oxygen atoms in total. The van der Waals surface area contributed by atoms with Gasteiger partial charge < -0.3 is 10.1 Å². The number of anilines is 1. The minimum Gasteiger partial charge on any atom is -0.454 e. The highest BCUT2D eigenvalue weighted by molar-refractivity contribution is 6.21. The molecule has 1 N–H and O–H groups in total. The summed E-state index contributed by atoms with van der Waals surface area (Å²) in [5, 5.41) is 2.40. The summed E-state index contributed by atoms with van der Waals surface area (Å²) in [5.74, 6) is -3.67. The van der Waals surface area contributed by atoms with Gasteiger partial charge in [-0.2, -0.15) is 0 Å². The van der Waals surface area contributed by atoms with Crippen LogP contribution >= 0.6 is 0 Å². The third-order valence-corrected chi connectivity index (χ3v) is 5.31. The molecule has 9 heteroatoms. The van der Waals surface area contributed by atoms with Crippen molar-refractivity contribution >= 4 is 35.2 Å². The smallest absolute Gasteiger partial charge is 0.338 e. The van der Waals surface area contributed by atoms with Crippen LogP contribution in [-0.2, 0) is 16.1 Å². The fourth-order valence-electron chi connectivity index (χ4n) is 3.68. The maximum absolute atomic E-state index is 14.2. The Labute approximate surface area is 199 Å². The van der Waals surface area contributed by atoms with Crippen molar-refractivity contribution in [2.45, 2.75) is 13.5 Å². The lowest BCUT2D eigenvalue weighted by Gasteiger charge is -2.14. The first-order chi connectivity index (χ1) is 16.7. The van der Waals surface area contributed by atoms with Gasteiger partial charge in [-0.3, -0.25) is 24.1 Å². The molecule has 0 fully saturated rings. The van der Waals surface area contributed by atoms with Gasteiger partial charge in [0.25, 0.3) is 11.8 Å². The first kappa shape index (κ1) is 23.5. The number of amides is 3. The van der Waals surface area contributed by atoms with E-state index in [0.717, 1.165) is 11.0 Å². The van der Waals surface area contributed by atoms with Crippen LogP contribution in [-0.4, -0.2) is 41.0 Å². The Morgan fingerprint density at radius 3 is 2.23 bits per heavy atom. The summed E-state index contributed by atoms with van der Waals surface area (Å²) in [4.78, 5) is 62.1. The molecule has 3 aromatic rings. The number of esters is 1. The lowest BCUT2D eigenvalue weighted by Crippen LogP contribution is -2.29. The second-order valence-corrected chi connectivity index (χ2v) is 7.82. The Balaban J connectivity index is 1.40. The second-order valence-electron chi connectivity index (χ2n) is 7.82. The SMILES string of the molecule is CC(=O)Nc1ccc(C(=O)COC(=O)c2cccc(CN3C(=O)c4ccccc4C3=O)c2)c(F)c1. The molecule has 0 saturated heterocycles. The van der Waals surface area contributed by atoms with Crippen molar-refractivity contribution in [2.24, 2.45) is 0 Å². The molecule has 3 aromatic carbocycles. The molecular formula is C26H19FN2O6. The Kier molecular flexibility index (Phi) is 6.50. The molecule has 0 unspecified atom stereocenters. The molecule has 1 heterocycles. The maximum atomic E-state index is 14.2. The van der Waals surface area contributed by atoms with Gasteiger partial charge in [0, 0.05) is 12.6 Å². The summed E-state index contributed by atoms with van der Waals surface area (Å²) in [6.07, 6.45) is 0. The molecule has 1 aliphatic rings. The van der Waals surface area contributed by atoms with Gasteiger partial charge in [0.15, 0.2) is 6.61 Å².